The Bertz CT molecular complexity index is 661. The quantitative estimate of drug-likeness (QED) is 0.623. The fourth-order valence-corrected chi connectivity index (χ4v) is 2.03. The van der Waals surface area contributed by atoms with Crippen molar-refractivity contribution in [2.45, 2.75) is 13.8 Å². The first-order valence-corrected chi connectivity index (χ1v) is 5.40. The third-order valence-electron chi connectivity index (χ3n) is 2.87. The largest absolute Gasteiger partial charge is 0.464 e. The molecule has 1 heterocycles. The standard InChI is InChI=1S/C12H10N2O5/c1-7-6-9(13(15)16)8(2)12(14(17)18)11(7)10-4-3-5-19-10/h3-6H,1-2H3. The van der Waals surface area contributed by atoms with Crippen LogP contribution >= 0.6 is 0 Å². The van der Waals surface area contributed by atoms with E-state index in [1.807, 2.05) is 0 Å². The third kappa shape index (κ3) is 2.05. The number of hydrogen-bond acceptors (Lipinski definition) is 5. The molecule has 0 saturated carbocycles. The van der Waals surface area contributed by atoms with Crippen molar-refractivity contribution in [3.8, 4) is 11.3 Å². The number of hydrogen-bond donors (Lipinski definition) is 0. The number of rotatable bonds is 3. The molecule has 19 heavy (non-hydrogen) atoms. The van der Waals surface area contributed by atoms with Gasteiger partial charge in [0, 0.05) is 6.07 Å². The lowest BCUT2D eigenvalue weighted by molar-refractivity contribution is -0.394. The van der Waals surface area contributed by atoms with Crippen molar-refractivity contribution < 1.29 is 14.3 Å². The van der Waals surface area contributed by atoms with Crippen molar-refractivity contribution in [1.29, 1.82) is 0 Å². The molecule has 98 valence electrons. The molecule has 0 spiro atoms. The molecule has 7 heteroatoms. The number of nitro groups is 2. The SMILES string of the molecule is Cc1cc([N+](=O)[O-])c(C)c([N+](=O)[O-])c1-c1ccco1. The third-order valence-corrected chi connectivity index (χ3v) is 2.87. The van der Waals surface area contributed by atoms with Crippen molar-refractivity contribution >= 4 is 11.4 Å². The van der Waals surface area contributed by atoms with E-state index in [1.54, 1.807) is 19.1 Å². The van der Waals surface area contributed by atoms with Gasteiger partial charge in [0.1, 0.15) is 11.3 Å². The van der Waals surface area contributed by atoms with Crippen LogP contribution in [0.25, 0.3) is 11.3 Å². The van der Waals surface area contributed by atoms with Crippen LogP contribution in [0.4, 0.5) is 11.4 Å². The molecular formula is C12H10N2O5. The highest BCUT2D eigenvalue weighted by molar-refractivity contribution is 5.78. The van der Waals surface area contributed by atoms with Crippen LogP contribution in [0.5, 0.6) is 0 Å². The summed E-state index contributed by atoms with van der Waals surface area (Å²) in [6, 6.07) is 4.51. The number of benzene rings is 1. The maximum absolute atomic E-state index is 11.2. The van der Waals surface area contributed by atoms with Gasteiger partial charge in [-0.05, 0) is 31.5 Å². The first kappa shape index (κ1) is 12.7. The summed E-state index contributed by atoms with van der Waals surface area (Å²) in [6.07, 6.45) is 1.40. The van der Waals surface area contributed by atoms with E-state index in [0.717, 1.165) is 0 Å². The summed E-state index contributed by atoms with van der Waals surface area (Å²) in [5, 5.41) is 22.1. The van der Waals surface area contributed by atoms with Crippen molar-refractivity contribution in [1.82, 2.24) is 0 Å². The second kappa shape index (κ2) is 4.52. The average molecular weight is 262 g/mol. The van der Waals surface area contributed by atoms with Crippen molar-refractivity contribution in [3.05, 3.63) is 55.8 Å². The Balaban J connectivity index is 2.85. The molecule has 0 fully saturated rings. The minimum Gasteiger partial charge on any atom is -0.464 e. The van der Waals surface area contributed by atoms with Crippen molar-refractivity contribution in [2.24, 2.45) is 0 Å². The summed E-state index contributed by atoms with van der Waals surface area (Å²) in [5.41, 5.74) is 0.171. The number of nitrogens with zero attached hydrogens (tertiary/aromatic N) is 2. The molecule has 0 saturated heterocycles. The van der Waals surface area contributed by atoms with Gasteiger partial charge in [0.15, 0.2) is 0 Å². The Morgan fingerprint density at radius 3 is 2.32 bits per heavy atom. The Labute approximate surface area is 107 Å². The van der Waals surface area contributed by atoms with E-state index in [0.29, 0.717) is 11.3 Å². The Morgan fingerprint density at radius 2 is 1.84 bits per heavy atom. The number of furan rings is 1. The van der Waals surface area contributed by atoms with Crippen LogP contribution in [0.1, 0.15) is 11.1 Å². The first-order chi connectivity index (χ1) is 8.93. The molecule has 2 aromatic rings. The van der Waals surface area contributed by atoms with Crippen LogP contribution in [0, 0.1) is 34.1 Å². The molecule has 0 atom stereocenters. The van der Waals surface area contributed by atoms with Crippen LogP contribution in [0.3, 0.4) is 0 Å². The number of aryl methyl sites for hydroxylation is 1. The van der Waals surface area contributed by atoms with Gasteiger partial charge in [-0.15, -0.1) is 0 Å². The molecule has 0 aliphatic rings. The molecule has 1 aromatic carbocycles. The van der Waals surface area contributed by atoms with Crippen molar-refractivity contribution in [3.63, 3.8) is 0 Å². The maximum atomic E-state index is 11.2. The van der Waals surface area contributed by atoms with E-state index >= 15 is 0 Å². The minimum absolute atomic E-state index is 0.0204. The predicted molar refractivity (Wildman–Crippen MR) is 66.9 cm³/mol. The van der Waals surface area contributed by atoms with Crippen LogP contribution in [0.2, 0.25) is 0 Å². The molecule has 0 N–H and O–H groups in total. The summed E-state index contributed by atoms with van der Waals surface area (Å²) >= 11 is 0. The van der Waals surface area contributed by atoms with Crippen LogP contribution in [-0.4, -0.2) is 9.85 Å². The van der Waals surface area contributed by atoms with E-state index in [2.05, 4.69) is 0 Å². The molecular weight excluding hydrogens is 252 g/mol. The van der Waals surface area contributed by atoms with Gasteiger partial charge in [0.05, 0.1) is 21.7 Å². The van der Waals surface area contributed by atoms with E-state index < -0.39 is 9.85 Å². The first-order valence-electron chi connectivity index (χ1n) is 5.40. The Kier molecular flexibility index (Phi) is 3.04. The van der Waals surface area contributed by atoms with Crippen LogP contribution in [-0.2, 0) is 0 Å². The summed E-state index contributed by atoms with van der Waals surface area (Å²) in [5.74, 6) is 0.321. The highest BCUT2D eigenvalue weighted by atomic mass is 16.6. The molecule has 0 unspecified atom stereocenters. The lowest BCUT2D eigenvalue weighted by Gasteiger charge is -2.07. The molecule has 0 radical (unpaired) electrons. The molecule has 0 aliphatic heterocycles. The lowest BCUT2D eigenvalue weighted by Crippen LogP contribution is -2.01. The fourth-order valence-electron chi connectivity index (χ4n) is 2.03. The van der Waals surface area contributed by atoms with Gasteiger partial charge in [-0.1, -0.05) is 0 Å². The summed E-state index contributed by atoms with van der Waals surface area (Å²) < 4.78 is 5.17. The normalized spacial score (nSPS) is 10.4. The van der Waals surface area contributed by atoms with Crippen molar-refractivity contribution in [2.75, 3.05) is 0 Å². The molecule has 7 nitrogen and oxygen atoms in total. The molecule has 1 aromatic heterocycles. The van der Waals surface area contributed by atoms with Gasteiger partial charge < -0.3 is 4.42 Å². The summed E-state index contributed by atoms with van der Waals surface area (Å²) in [6.45, 7) is 2.94. The molecule has 2 rings (SSSR count). The van der Waals surface area contributed by atoms with Crippen LogP contribution in [0.15, 0.2) is 28.9 Å². The van der Waals surface area contributed by atoms with E-state index in [1.165, 1.54) is 19.3 Å². The molecule has 0 bridgehead atoms. The van der Waals surface area contributed by atoms with E-state index in [9.17, 15) is 20.2 Å². The second-order valence-corrected chi connectivity index (χ2v) is 4.05. The Morgan fingerprint density at radius 1 is 1.16 bits per heavy atom. The topological polar surface area (TPSA) is 99.4 Å². The van der Waals surface area contributed by atoms with Gasteiger partial charge in [-0.3, -0.25) is 20.2 Å². The average Bonchev–Trinajstić information content (AvgIpc) is 2.83. The van der Waals surface area contributed by atoms with E-state index in [-0.39, 0.29) is 22.5 Å². The zero-order chi connectivity index (χ0) is 14.2. The summed E-state index contributed by atoms with van der Waals surface area (Å²) in [7, 11) is 0. The minimum atomic E-state index is -0.624. The maximum Gasteiger partial charge on any atom is 0.290 e. The molecule has 0 aliphatic carbocycles. The van der Waals surface area contributed by atoms with Gasteiger partial charge >= 0.3 is 0 Å². The predicted octanol–water partition coefficient (Wildman–Crippen LogP) is 3.38. The van der Waals surface area contributed by atoms with E-state index in [4.69, 9.17) is 4.42 Å². The monoisotopic (exact) mass is 262 g/mol. The smallest absolute Gasteiger partial charge is 0.290 e. The lowest BCUT2D eigenvalue weighted by atomic mass is 9.99. The van der Waals surface area contributed by atoms with Gasteiger partial charge in [-0.2, -0.15) is 0 Å². The van der Waals surface area contributed by atoms with Gasteiger partial charge in [0.25, 0.3) is 11.4 Å². The highest BCUT2D eigenvalue weighted by Crippen LogP contribution is 2.40. The number of nitro benzene ring substituents is 2. The van der Waals surface area contributed by atoms with Crippen LogP contribution < -0.4 is 0 Å². The van der Waals surface area contributed by atoms with Gasteiger partial charge in [-0.25, -0.2) is 0 Å². The summed E-state index contributed by atoms with van der Waals surface area (Å²) in [4.78, 5) is 20.9. The molecule has 0 amide bonds. The Hall–Kier alpha value is -2.70. The zero-order valence-electron chi connectivity index (χ0n) is 10.2. The zero-order valence-corrected chi connectivity index (χ0v) is 10.2. The second-order valence-electron chi connectivity index (χ2n) is 4.05. The van der Waals surface area contributed by atoms with Gasteiger partial charge in [0.2, 0.25) is 0 Å². The fraction of sp³-hybridized carbons (Fsp3) is 0.167. The highest BCUT2D eigenvalue weighted by Gasteiger charge is 2.29.